The van der Waals surface area contributed by atoms with Crippen molar-refractivity contribution in [3.8, 4) is 5.75 Å². The highest BCUT2D eigenvalue weighted by Crippen LogP contribution is 2.22. The Balaban J connectivity index is 1.97. The highest BCUT2D eigenvalue weighted by Gasteiger charge is 2.22. The van der Waals surface area contributed by atoms with Gasteiger partial charge in [0.2, 0.25) is 0 Å². The molecule has 1 aromatic carbocycles. The zero-order valence-electron chi connectivity index (χ0n) is 12.2. The summed E-state index contributed by atoms with van der Waals surface area (Å²) >= 11 is 5.99. The SMILES string of the molecule is Cc1cc(OC(C)C(=O)N2CCCCCC2)ccc1Cl. The summed E-state index contributed by atoms with van der Waals surface area (Å²) in [4.78, 5) is 14.3. The zero-order chi connectivity index (χ0) is 14.5. The first-order valence-electron chi connectivity index (χ1n) is 7.29. The van der Waals surface area contributed by atoms with Gasteiger partial charge in [-0.15, -0.1) is 0 Å². The minimum atomic E-state index is -0.450. The third kappa shape index (κ3) is 3.89. The van der Waals surface area contributed by atoms with Gasteiger partial charge in [0.1, 0.15) is 5.75 Å². The van der Waals surface area contributed by atoms with Crippen LogP contribution in [0.25, 0.3) is 0 Å². The topological polar surface area (TPSA) is 29.5 Å². The molecule has 3 nitrogen and oxygen atoms in total. The fourth-order valence-corrected chi connectivity index (χ4v) is 2.61. The Morgan fingerprint density at radius 2 is 1.90 bits per heavy atom. The zero-order valence-corrected chi connectivity index (χ0v) is 12.9. The third-order valence-corrected chi connectivity index (χ3v) is 4.13. The van der Waals surface area contributed by atoms with E-state index >= 15 is 0 Å². The number of hydrogen-bond acceptors (Lipinski definition) is 2. The van der Waals surface area contributed by atoms with Gasteiger partial charge < -0.3 is 9.64 Å². The van der Waals surface area contributed by atoms with Crippen LogP contribution in [0.1, 0.15) is 38.2 Å². The van der Waals surface area contributed by atoms with Gasteiger partial charge in [0.05, 0.1) is 0 Å². The Morgan fingerprint density at radius 1 is 1.25 bits per heavy atom. The number of ether oxygens (including phenoxy) is 1. The predicted molar refractivity (Wildman–Crippen MR) is 81.3 cm³/mol. The van der Waals surface area contributed by atoms with E-state index < -0.39 is 6.10 Å². The number of hydrogen-bond donors (Lipinski definition) is 0. The minimum absolute atomic E-state index is 0.0829. The van der Waals surface area contributed by atoms with Crippen molar-refractivity contribution in [1.82, 2.24) is 4.90 Å². The van der Waals surface area contributed by atoms with Crippen molar-refractivity contribution in [2.45, 2.75) is 45.6 Å². The number of amides is 1. The van der Waals surface area contributed by atoms with Gasteiger partial charge in [-0.25, -0.2) is 0 Å². The molecule has 0 saturated carbocycles. The summed E-state index contributed by atoms with van der Waals surface area (Å²) < 4.78 is 5.76. The lowest BCUT2D eigenvalue weighted by Gasteiger charge is -2.24. The van der Waals surface area contributed by atoms with Crippen molar-refractivity contribution < 1.29 is 9.53 Å². The second kappa shape index (κ2) is 6.98. The van der Waals surface area contributed by atoms with Gasteiger partial charge in [0, 0.05) is 18.1 Å². The van der Waals surface area contributed by atoms with Crippen LogP contribution in [0.15, 0.2) is 18.2 Å². The molecule has 0 aromatic heterocycles. The van der Waals surface area contributed by atoms with E-state index in [9.17, 15) is 4.79 Å². The molecule has 1 aliphatic heterocycles. The van der Waals surface area contributed by atoms with Gasteiger partial charge in [-0.05, 0) is 50.5 Å². The van der Waals surface area contributed by atoms with E-state index in [1.807, 2.05) is 30.9 Å². The van der Waals surface area contributed by atoms with Crippen LogP contribution in [-0.2, 0) is 4.79 Å². The molecule has 0 spiro atoms. The molecule has 110 valence electrons. The number of rotatable bonds is 3. The van der Waals surface area contributed by atoms with Crippen molar-refractivity contribution in [2.24, 2.45) is 0 Å². The molecule has 2 rings (SSSR count). The minimum Gasteiger partial charge on any atom is -0.481 e. The fourth-order valence-electron chi connectivity index (χ4n) is 2.49. The average Bonchev–Trinajstić information content (AvgIpc) is 2.71. The lowest BCUT2D eigenvalue weighted by atomic mass is 10.2. The first-order valence-corrected chi connectivity index (χ1v) is 7.67. The molecular formula is C16H22ClNO2. The third-order valence-electron chi connectivity index (χ3n) is 3.71. The van der Waals surface area contributed by atoms with Crippen molar-refractivity contribution >= 4 is 17.5 Å². The summed E-state index contributed by atoms with van der Waals surface area (Å²) in [6.45, 7) is 5.45. The first kappa shape index (κ1) is 15.2. The van der Waals surface area contributed by atoms with E-state index in [0.29, 0.717) is 10.8 Å². The van der Waals surface area contributed by atoms with Crippen LogP contribution in [0.3, 0.4) is 0 Å². The fraction of sp³-hybridized carbons (Fsp3) is 0.562. The highest BCUT2D eigenvalue weighted by molar-refractivity contribution is 6.31. The standard InChI is InChI=1S/C16H22ClNO2/c1-12-11-14(7-8-15(12)17)20-13(2)16(19)18-9-5-3-4-6-10-18/h7-8,11,13H,3-6,9-10H2,1-2H3. The molecule has 20 heavy (non-hydrogen) atoms. The normalized spacial score (nSPS) is 17.4. The molecule has 1 heterocycles. The van der Waals surface area contributed by atoms with Gasteiger partial charge in [0.25, 0.3) is 5.91 Å². The van der Waals surface area contributed by atoms with E-state index in [1.165, 1.54) is 12.8 Å². The first-order chi connectivity index (χ1) is 9.58. The molecule has 0 N–H and O–H groups in total. The van der Waals surface area contributed by atoms with Gasteiger partial charge in [-0.1, -0.05) is 24.4 Å². The molecule has 0 aliphatic carbocycles. The molecule has 1 saturated heterocycles. The van der Waals surface area contributed by atoms with Crippen molar-refractivity contribution in [1.29, 1.82) is 0 Å². The number of carbonyl (C=O) groups is 1. The molecule has 1 amide bonds. The molecule has 1 atom stereocenters. The van der Waals surface area contributed by atoms with Crippen LogP contribution in [0.5, 0.6) is 5.75 Å². The van der Waals surface area contributed by atoms with Crippen LogP contribution < -0.4 is 4.74 Å². The van der Waals surface area contributed by atoms with E-state index in [0.717, 1.165) is 31.5 Å². The number of benzene rings is 1. The summed E-state index contributed by atoms with van der Waals surface area (Å²) in [6.07, 6.45) is 4.18. The summed E-state index contributed by atoms with van der Waals surface area (Å²) in [7, 11) is 0. The number of aryl methyl sites for hydroxylation is 1. The van der Waals surface area contributed by atoms with Crippen LogP contribution in [0.4, 0.5) is 0 Å². The Morgan fingerprint density at radius 3 is 2.50 bits per heavy atom. The maximum absolute atomic E-state index is 12.4. The Hall–Kier alpha value is -1.22. The molecule has 4 heteroatoms. The molecule has 1 fully saturated rings. The predicted octanol–water partition coefficient (Wildman–Crippen LogP) is 3.82. The smallest absolute Gasteiger partial charge is 0.263 e. The molecule has 1 aliphatic rings. The maximum atomic E-state index is 12.4. The average molecular weight is 296 g/mol. The van der Waals surface area contributed by atoms with Crippen LogP contribution >= 0.6 is 11.6 Å². The second-order valence-electron chi connectivity index (χ2n) is 5.41. The van der Waals surface area contributed by atoms with Gasteiger partial charge in [-0.3, -0.25) is 4.79 Å². The highest BCUT2D eigenvalue weighted by atomic mass is 35.5. The lowest BCUT2D eigenvalue weighted by molar-refractivity contribution is -0.137. The van der Waals surface area contributed by atoms with Gasteiger partial charge in [0.15, 0.2) is 6.10 Å². The number of likely N-dealkylation sites (tertiary alicyclic amines) is 1. The quantitative estimate of drug-likeness (QED) is 0.848. The van der Waals surface area contributed by atoms with Gasteiger partial charge in [-0.2, -0.15) is 0 Å². The molecule has 0 bridgehead atoms. The molecule has 1 unspecified atom stereocenters. The number of halogens is 1. The van der Waals surface area contributed by atoms with E-state index in [-0.39, 0.29) is 5.91 Å². The maximum Gasteiger partial charge on any atom is 0.263 e. The van der Waals surface area contributed by atoms with E-state index in [4.69, 9.17) is 16.3 Å². The van der Waals surface area contributed by atoms with Crippen molar-refractivity contribution in [3.63, 3.8) is 0 Å². The van der Waals surface area contributed by atoms with Crippen molar-refractivity contribution in [2.75, 3.05) is 13.1 Å². The summed E-state index contributed by atoms with van der Waals surface area (Å²) in [5.41, 5.74) is 0.957. The largest absolute Gasteiger partial charge is 0.481 e. The van der Waals surface area contributed by atoms with E-state index in [1.54, 1.807) is 6.07 Å². The molecular weight excluding hydrogens is 274 g/mol. The summed E-state index contributed by atoms with van der Waals surface area (Å²) in [5.74, 6) is 0.780. The number of nitrogens with zero attached hydrogens (tertiary/aromatic N) is 1. The number of carbonyl (C=O) groups excluding carboxylic acids is 1. The van der Waals surface area contributed by atoms with E-state index in [2.05, 4.69) is 0 Å². The monoisotopic (exact) mass is 295 g/mol. The Kier molecular flexibility index (Phi) is 5.30. The van der Waals surface area contributed by atoms with Crippen LogP contribution in [-0.4, -0.2) is 30.0 Å². The van der Waals surface area contributed by atoms with Gasteiger partial charge >= 0.3 is 0 Å². The second-order valence-corrected chi connectivity index (χ2v) is 5.82. The summed E-state index contributed by atoms with van der Waals surface area (Å²) in [6, 6.07) is 5.48. The van der Waals surface area contributed by atoms with Crippen LogP contribution in [0, 0.1) is 6.92 Å². The molecule has 0 radical (unpaired) electrons. The lowest BCUT2D eigenvalue weighted by Crippen LogP contribution is -2.41. The molecule has 1 aromatic rings. The Labute approximate surface area is 125 Å². The van der Waals surface area contributed by atoms with Crippen LogP contribution in [0.2, 0.25) is 5.02 Å². The Bertz CT molecular complexity index is 468. The summed E-state index contributed by atoms with van der Waals surface area (Å²) in [5, 5.41) is 0.712. The van der Waals surface area contributed by atoms with Crippen molar-refractivity contribution in [3.05, 3.63) is 28.8 Å².